The molecule has 2 atom stereocenters. The Labute approximate surface area is 184 Å². The molecular formula is C24H26O6S. The van der Waals surface area contributed by atoms with E-state index in [9.17, 15) is 13.8 Å². The molecule has 0 radical (unpaired) electrons. The molecule has 0 spiro atoms. The summed E-state index contributed by atoms with van der Waals surface area (Å²) in [5.41, 5.74) is -1.50. The van der Waals surface area contributed by atoms with Gasteiger partial charge in [-0.3, -0.25) is 9.59 Å². The Balaban J connectivity index is 1.99. The second-order valence-electron chi connectivity index (χ2n) is 7.01. The molecule has 0 saturated carbocycles. The van der Waals surface area contributed by atoms with E-state index in [1.165, 1.54) is 12.5 Å². The zero-order valence-electron chi connectivity index (χ0n) is 17.8. The Morgan fingerprint density at radius 1 is 1.10 bits per heavy atom. The normalized spacial score (nSPS) is 18.2. The summed E-state index contributed by atoms with van der Waals surface area (Å²) in [5, 5.41) is 3.25. The maximum absolute atomic E-state index is 13.3. The molecule has 7 heteroatoms. The molecule has 31 heavy (non-hydrogen) atoms. The van der Waals surface area contributed by atoms with Gasteiger partial charge < -0.3 is 14.2 Å². The van der Waals surface area contributed by atoms with Crippen LogP contribution in [-0.2, 0) is 29.9 Å². The third-order valence-corrected chi connectivity index (χ3v) is 6.53. The van der Waals surface area contributed by atoms with Crippen LogP contribution in [0, 0.1) is 11.3 Å². The maximum Gasteiger partial charge on any atom is 0.324 e. The Morgan fingerprint density at radius 3 is 2.42 bits per heavy atom. The van der Waals surface area contributed by atoms with E-state index in [-0.39, 0.29) is 19.6 Å². The van der Waals surface area contributed by atoms with Crippen LogP contribution < -0.4 is 4.74 Å². The number of methoxy groups -OCH3 is 1. The van der Waals surface area contributed by atoms with Gasteiger partial charge in [0.25, 0.3) is 0 Å². The zero-order valence-corrected chi connectivity index (χ0v) is 18.6. The van der Waals surface area contributed by atoms with Crippen molar-refractivity contribution in [1.29, 1.82) is 0 Å². The maximum atomic E-state index is 13.3. The molecular weight excluding hydrogens is 416 g/mol. The lowest BCUT2D eigenvalue weighted by molar-refractivity contribution is -0.173. The number of hydrogen-bond acceptors (Lipinski definition) is 6. The van der Waals surface area contributed by atoms with E-state index in [0.717, 1.165) is 10.8 Å². The fourth-order valence-electron chi connectivity index (χ4n) is 3.79. The molecule has 0 amide bonds. The number of fused-ring (bicyclic) bond motifs is 1. The number of hydrogen-bond donors (Lipinski definition) is 0. The first-order valence-electron chi connectivity index (χ1n) is 10.1. The molecule has 0 heterocycles. The van der Waals surface area contributed by atoms with E-state index in [1.807, 2.05) is 30.3 Å². The summed E-state index contributed by atoms with van der Waals surface area (Å²) < 4.78 is 29.1. The smallest absolute Gasteiger partial charge is 0.324 e. The van der Waals surface area contributed by atoms with Gasteiger partial charge in [0.1, 0.15) is 5.75 Å². The molecule has 3 rings (SSSR count). The highest BCUT2D eigenvalue weighted by Gasteiger charge is 2.54. The number of benzene rings is 2. The van der Waals surface area contributed by atoms with Gasteiger partial charge in [-0.25, -0.2) is 4.21 Å². The van der Waals surface area contributed by atoms with Gasteiger partial charge in [-0.15, -0.1) is 0 Å². The van der Waals surface area contributed by atoms with E-state index in [2.05, 4.69) is 0 Å². The van der Waals surface area contributed by atoms with Crippen LogP contribution in [0.2, 0.25) is 0 Å². The van der Waals surface area contributed by atoms with Crippen LogP contribution in [-0.4, -0.2) is 36.5 Å². The molecule has 0 fully saturated rings. The molecule has 1 unspecified atom stereocenters. The van der Waals surface area contributed by atoms with Gasteiger partial charge in [0.15, 0.2) is 5.41 Å². The zero-order chi connectivity index (χ0) is 22.4. The predicted octanol–water partition coefficient (Wildman–Crippen LogP) is 4.16. The molecule has 0 aromatic heterocycles. The van der Waals surface area contributed by atoms with Crippen LogP contribution >= 0.6 is 0 Å². The van der Waals surface area contributed by atoms with Gasteiger partial charge in [0.2, 0.25) is 0 Å². The highest BCUT2D eigenvalue weighted by atomic mass is 32.2. The van der Waals surface area contributed by atoms with Gasteiger partial charge >= 0.3 is 11.9 Å². The Bertz CT molecular complexity index is 1040. The lowest BCUT2D eigenvalue weighted by atomic mass is 9.77. The lowest BCUT2D eigenvalue weighted by Gasteiger charge is -2.29. The molecule has 0 saturated heterocycles. The number of carbonyl (C=O) groups excluding carboxylic acids is 2. The van der Waals surface area contributed by atoms with Crippen molar-refractivity contribution in [3.05, 3.63) is 60.0 Å². The second-order valence-corrected chi connectivity index (χ2v) is 8.29. The van der Waals surface area contributed by atoms with Gasteiger partial charge in [0, 0.05) is 16.7 Å². The topological polar surface area (TPSA) is 78.9 Å². The van der Waals surface area contributed by atoms with E-state index in [4.69, 9.17) is 14.2 Å². The summed E-state index contributed by atoms with van der Waals surface area (Å²) in [5.74, 6) is -1.40. The number of ether oxygens (including phenoxy) is 3. The van der Waals surface area contributed by atoms with E-state index in [0.29, 0.717) is 10.6 Å². The summed E-state index contributed by atoms with van der Waals surface area (Å²) in [6.45, 7) is 3.67. The van der Waals surface area contributed by atoms with Crippen LogP contribution in [0.25, 0.3) is 10.8 Å². The summed E-state index contributed by atoms with van der Waals surface area (Å²) >= 11 is 0. The first-order chi connectivity index (χ1) is 15.0. The first-order valence-corrected chi connectivity index (χ1v) is 11.4. The number of allylic oxidation sites excluding steroid dienone is 3. The third-order valence-electron chi connectivity index (χ3n) is 5.31. The van der Waals surface area contributed by atoms with Gasteiger partial charge in [-0.1, -0.05) is 48.6 Å². The van der Waals surface area contributed by atoms with Crippen LogP contribution in [0.15, 0.2) is 64.9 Å². The molecule has 0 N–H and O–H groups in total. The van der Waals surface area contributed by atoms with E-state index in [1.54, 1.807) is 38.1 Å². The van der Waals surface area contributed by atoms with Crippen molar-refractivity contribution in [1.82, 2.24) is 0 Å². The fraction of sp³-hybridized carbons (Fsp3) is 0.333. The third kappa shape index (κ3) is 4.28. The van der Waals surface area contributed by atoms with Crippen molar-refractivity contribution in [3.8, 4) is 5.75 Å². The molecule has 6 nitrogen and oxygen atoms in total. The molecule has 1 aliphatic rings. The lowest BCUT2D eigenvalue weighted by Crippen LogP contribution is -2.44. The molecule has 2 aromatic rings. The minimum atomic E-state index is -1.58. The minimum Gasteiger partial charge on any atom is -0.495 e. The monoisotopic (exact) mass is 442 g/mol. The Hall–Kier alpha value is -2.93. The van der Waals surface area contributed by atoms with Crippen molar-refractivity contribution in [2.24, 2.45) is 11.3 Å². The average molecular weight is 443 g/mol. The first kappa shape index (κ1) is 22.7. The quantitative estimate of drug-likeness (QED) is 0.347. The van der Waals surface area contributed by atoms with Crippen molar-refractivity contribution in [2.45, 2.75) is 25.2 Å². The average Bonchev–Trinajstić information content (AvgIpc) is 3.22. The van der Waals surface area contributed by atoms with Crippen molar-refractivity contribution in [3.63, 3.8) is 0 Å². The van der Waals surface area contributed by atoms with Crippen LogP contribution in [0.1, 0.15) is 20.3 Å². The second kappa shape index (κ2) is 9.92. The number of esters is 2. The van der Waals surface area contributed by atoms with Gasteiger partial charge in [-0.05, 0) is 31.7 Å². The summed E-state index contributed by atoms with van der Waals surface area (Å²) in [7, 11) is -0.0477. The Morgan fingerprint density at radius 2 is 1.77 bits per heavy atom. The minimum absolute atomic E-state index is 0.148. The van der Waals surface area contributed by atoms with Crippen molar-refractivity contribution in [2.75, 3.05) is 20.3 Å². The molecule has 1 aliphatic carbocycles. The summed E-state index contributed by atoms with van der Waals surface area (Å²) in [4.78, 5) is 26.1. The highest BCUT2D eigenvalue weighted by Crippen LogP contribution is 2.42. The van der Waals surface area contributed by atoms with Crippen molar-refractivity contribution < 1.29 is 28.0 Å². The van der Waals surface area contributed by atoms with Gasteiger partial charge in [-0.2, -0.15) is 0 Å². The molecule has 2 aromatic carbocycles. The number of rotatable bonds is 8. The fourth-order valence-corrected chi connectivity index (χ4v) is 4.99. The van der Waals surface area contributed by atoms with E-state index >= 15 is 0 Å². The van der Waals surface area contributed by atoms with Crippen LogP contribution in [0.5, 0.6) is 5.75 Å². The molecule has 0 bridgehead atoms. The molecule has 164 valence electrons. The van der Waals surface area contributed by atoms with Crippen LogP contribution in [0.4, 0.5) is 0 Å². The SMILES string of the molecule is CCOC(=O)C1(C(=O)OCC)CC=C[C@H]1/C=C/S(=O)c1c(OC)ccc2ccccc12. The predicted molar refractivity (Wildman–Crippen MR) is 119 cm³/mol. The van der Waals surface area contributed by atoms with E-state index < -0.39 is 34.1 Å². The Kier molecular flexibility index (Phi) is 7.28. The highest BCUT2D eigenvalue weighted by molar-refractivity contribution is 7.88. The van der Waals surface area contributed by atoms with Crippen LogP contribution in [0.3, 0.4) is 0 Å². The van der Waals surface area contributed by atoms with Crippen molar-refractivity contribution >= 4 is 33.5 Å². The standard InChI is InChI=1S/C24H26O6S/c1-4-29-22(25)24(23(26)30-5-2)15-8-10-18(24)14-16-31(27)21-19-11-7-6-9-17(19)12-13-20(21)28-3/h6-14,16,18H,4-5,15H2,1-3H3/b16-14+/t18-,31?/m0/s1. The summed E-state index contributed by atoms with van der Waals surface area (Å²) in [6, 6.07) is 11.3. The summed E-state index contributed by atoms with van der Waals surface area (Å²) in [6.07, 6.45) is 5.30. The van der Waals surface area contributed by atoms with Gasteiger partial charge in [0.05, 0.1) is 36.0 Å². The number of carbonyl (C=O) groups is 2. The largest absolute Gasteiger partial charge is 0.495 e. The molecule has 0 aliphatic heterocycles.